The lowest BCUT2D eigenvalue weighted by Gasteiger charge is -1.99. The molecule has 2 aromatic carbocycles. The molecule has 0 unspecified atom stereocenters. The molecule has 0 heterocycles. The molecule has 0 saturated heterocycles. The number of hydrogen-bond acceptors (Lipinski definition) is 3. The van der Waals surface area contributed by atoms with Crippen molar-refractivity contribution in [2.75, 3.05) is 0 Å². The minimum atomic E-state index is 0.103. The number of phenolic OH excluding ortho intramolecular Hbond substituents is 1. The molecule has 2 aromatic rings. The molecule has 0 aliphatic rings. The van der Waals surface area contributed by atoms with Crippen LogP contribution in [0.3, 0.4) is 0 Å². The highest BCUT2D eigenvalue weighted by molar-refractivity contribution is 6.32. The van der Waals surface area contributed by atoms with Crippen molar-refractivity contribution in [3.8, 4) is 5.75 Å². The molecular weight excluding hydrogens is 236 g/mol. The number of aryl methyl sites for hydroxylation is 1. The summed E-state index contributed by atoms with van der Waals surface area (Å²) in [4.78, 5) is 0. The molecule has 86 valence electrons. The Balaban J connectivity index is 2.32. The van der Waals surface area contributed by atoms with E-state index in [1.54, 1.807) is 24.3 Å². The van der Waals surface area contributed by atoms with E-state index in [2.05, 4.69) is 10.2 Å². The predicted octanol–water partition coefficient (Wildman–Crippen LogP) is 4.77. The summed E-state index contributed by atoms with van der Waals surface area (Å²) in [5.74, 6) is 0.103. The molecule has 1 N–H and O–H groups in total. The van der Waals surface area contributed by atoms with Crippen molar-refractivity contribution in [1.29, 1.82) is 0 Å². The maximum Gasteiger partial charge on any atom is 0.143 e. The van der Waals surface area contributed by atoms with Gasteiger partial charge in [-0.25, -0.2) is 0 Å². The predicted molar refractivity (Wildman–Crippen MR) is 68.5 cm³/mol. The molecule has 0 aromatic heterocycles. The van der Waals surface area contributed by atoms with Gasteiger partial charge < -0.3 is 5.11 Å². The average molecular weight is 247 g/mol. The van der Waals surface area contributed by atoms with Crippen LogP contribution in [0.1, 0.15) is 5.56 Å². The number of aromatic hydroxyl groups is 1. The topological polar surface area (TPSA) is 45.0 Å². The fourth-order valence-corrected chi connectivity index (χ4v) is 1.53. The Bertz CT molecular complexity index is 567. The highest BCUT2D eigenvalue weighted by atomic mass is 35.5. The molecule has 4 heteroatoms. The van der Waals surface area contributed by atoms with Gasteiger partial charge in [0.25, 0.3) is 0 Å². The monoisotopic (exact) mass is 246 g/mol. The second kappa shape index (κ2) is 4.97. The van der Waals surface area contributed by atoms with Crippen LogP contribution in [0.25, 0.3) is 0 Å². The second-order valence-corrected chi connectivity index (χ2v) is 4.05. The van der Waals surface area contributed by atoms with Gasteiger partial charge in [-0.3, -0.25) is 0 Å². The zero-order valence-corrected chi connectivity index (χ0v) is 10.0. The van der Waals surface area contributed by atoms with Crippen LogP contribution in [0.2, 0.25) is 5.02 Å². The van der Waals surface area contributed by atoms with Gasteiger partial charge in [0, 0.05) is 0 Å². The SMILES string of the molecule is Cc1ccc(O)c(N=Nc2ccccc2Cl)c1. The van der Waals surface area contributed by atoms with Crippen LogP contribution in [0, 0.1) is 6.92 Å². The van der Waals surface area contributed by atoms with Crippen molar-refractivity contribution in [3.05, 3.63) is 53.1 Å². The Morgan fingerprint density at radius 2 is 1.71 bits per heavy atom. The first-order chi connectivity index (χ1) is 8.16. The largest absolute Gasteiger partial charge is 0.506 e. The van der Waals surface area contributed by atoms with Crippen molar-refractivity contribution < 1.29 is 5.11 Å². The molecule has 0 aliphatic heterocycles. The number of rotatable bonds is 2. The maximum absolute atomic E-state index is 9.60. The molecule has 17 heavy (non-hydrogen) atoms. The van der Waals surface area contributed by atoms with E-state index in [4.69, 9.17) is 11.6 Å². The average Bonchev–Trinajstić information content (AvgIpc) is 2.32. The van der Waals surface area contributed by atoms with Crippen LogP contribution >= 0.6 is 11.6 Å². The van der Waals surface area contributed by atoms with E-state index >= 15 is 0 Å². The van der Waals surface area contributed by atoms with Gasteiger partial charge in [0.1, 0.15) is 17.1 Å². The summed E-state index contributed by atoms with van der Waals surface area (Å²) in [6, 6.07) is 12.3. The van der Waals surface area contributed by atoms with Crippen molar-refractivity contribution in [1.82, 2.24) is 0 Å². The summed E-state index contributed by atoms with van der Waals surface area (Å²) >= 11 is 5.95. The third-order valence-electron chi connectivity index (χ3n) is 2.25. The fraction of sp³-hybridized carbons (Fsp3) is 0.0769. The summed E-state index contributed by atoms with van der Waals surface area (Å²) in [5, 5.41) is 18.1. The number of hydrogen-bond donors (Lipinski definition) is 1. The maximum atomic E-state index is 9.60. The number of azo groups is 1. The van der Waals surface area contributed by atoms with Gasteiger partial charge in [0.05, 0.1) is 5.02 Å². The van der Waals surface area contributed by atoms with Crippen molar-refractivity contribution in [3.63, 3.8) is 0 Å². The quantitative estimate of drug-likeness (QED) is 0.762. The van der Waals surface area contributed by atoms with Crippen LogP contribution in [0.5, 0.6) is 5.75 Å². The van der Waals surface area contributed by atoms with Crippen LogP contribution in [0.15, 0.2) is 52.7 Å². The van der Waals surface area contributed by atoms with Gasteiger partial charge in [-0.1, -0.05) is 29.8 Å². The molecule has 0 bridgehead atoms. The van der Waals surface area contributed by atoms with E-state index in [-0.39, 0.29) is 5.75 Å². The van der Waals surface area contributed by atoms with Gasteiger partial charge in [-0.2, -0.15) is 0 Å². The fourth-order valence-electron chi connectivity index (χ4n) is 1.35. The zero-order chi connectivity index (χ0) is 12.3. The van der Waals surface area contributed by atoms with Gasteiger partial charge >= 0.3 is 0 Å². The Morgan fingerprint density at radius 3 is 2.47 bits per heavy atom. The minimum Gasteiger partial charge on any atom is -0.506 e. The summed E-state index contributed by atoms with van der Waals surface area (Å²) in [7, 11) is 0. The van der Waals surface area contributed by atoms with Gasteiger partial charge in [-0.15, -0.1) is 10.2 Å². The van der Waals surface area contributed by atoms with Crippen molar-refractivity contribution in [2.24, 2.45) is 10.2 Å². The number of nitrogens with zero attached hydrogens (tertiary/aromatic N) is 2. The molecule has 3 nitrogen and oxygen atoms in total. The van der Waals surface area contributed by atoms with Crippen LogP contribution in [-0.4, -0.2) is 5.11 Å². The minimum absolute atomic E-state index is 0.103. The molecule has 0 aliphatic carbocycles. The van der Waals surface area contributed by atoms with E-state index in [0.717, 1.165) is 5.56 Å². The Kier molecular flexibility index (Phi) is 3.40. The van der Waals surface area contributed by atoms with Crippen LogP contribution < -0.4 is 0 Å². The van der Waals surface area contributed by atoms with Crippen molar-refractivity contribution >= 4 is 23.0 Å². The van der Waals surface area contributed by atoms with Crippen LogP contribution in [-0.2, 0) is 0 Å². The first-order valence-electron chi connectivity index (χ1n) is 5.13. The first kappa shape index (κ1) is 11.6. The molecule has 2 rings (SSSR count). The summed E-state index contributed by atoms with van der Waals surface area (Å²) in [6.45, 7) is 1.92. The first-order valence-corrected chi connectivity index (χ1v) is 5.50. The van der Waals surface area contributed by atoms with Gasteiger partial charge in [0.2, 0.25) is 0 Å². The number of phenols is 1. The molecule has 0 saturated carbocycles. The highest BCUT2D eigenvalue weighted by Crippen LogP contribution is 2.30. The Morgan fingerprint density at radius 1 is 1.00 bits per heavy atom. The molecular formula is C13H11ClN2O. The zero-order valence-electron chi connectivity index (χ0n) is 9.26. The van der Waals surface area contributed by atoms with Crippen molar-refractivity contribution in [2.45, 2.75) is 6.92 Å². The third kappa shape index (κ3) is 2.82. The molecule has 0 radical (unpaired) electrons. The van der Waals surface area contributed by atoms with E-state index < -0.39 is 0 Å². The number of benzene rings is 2. The van der Waals surface area contributed by atoms with E-state index in [9.17, 15) is 5.11 Å². The van der Waals surface area contributed by atoms with Gasteiger partial charge in [0.15, 0.2) is 0 Å². The van der Waals surface area contributed by atoms with E-state index in [1.165, 1.54) is 0 Å². The summed E-state index contributed by atoms with van der Waals surface area (Å²) in [6.07, 6.45) is 0. The Labute approximate surface area is 104 Å². The molecule has 0 spiro atoms. The lowest BCUT2D eigenvalue weighted by atomic mass is 10.2. The molecule has 0 fully saturated rings. The number of halogens is 1. The van der Waals surface area contributed by atoms with E-state index in [1.807, 2.05) is 25.1 Å². The summed E-state index contributed by atoms with van der Waals surface area (Å²) < 4.78 is 0. The van der Waals surface area contributed by atoms with Gasteiger partial charge in [-0.05, 0) is 36.8 Å². The molecule has 0 amide bonds. The van der Waals surface area contributed by atoms with E-state index in [0.29, 0.717) is 16.4 Å². The highest BCUT2D eigenvalue weighted by Gasteiger charge is 2.00. The van der Waals surface area contributed by atoms with Crippen LogP contribution in [0.4, 0.5) is 11.4 Å². The second-order valence-electron chi connectivity index (χ2n) is 3.64. The normalized spacial score (nSPS) is 10.9. The Hall–Kier alpha value is -1.87. The third-order valence-corrected chi connectivity index (χ3v) is 2.57. The standard InChI is InChI=1S/C13H11ClN2O/c1-9-6-7-13(17)12(8-9)16-15-11-5-3-2-4-10(11)14/h2-8,17H,1H3. The smallest absolute Gasteiger partial charge is 0.143 e. The molecule has 0 atom stereocenters. The summed E-state index contributed by atoms with van der Waals surface area (Å²) in [5.41, 5.74) is 2.02. The lowest BCUT2D eigenvalue weighted by molar-refractivity contribution is 0.476. The lowest BCUT2D eigenvalue weighted by Crippen LogP contribution is -1.72.